The van der Waals surface area contributed by atoms with Crippen molar-refractivity contribution in [3.8, 4) is 0 Å². The highest BCUT2D eigenvalue weighted by Gasteiger charge is 2.18. The van der Waals surface area contributed by atoms with Crippen molar-refractivity contribution in [2.45, 2.75) is 5.92 Å². The molecule has 1 unspecified atom stereocenters. The van der Waals surface area contributed by atoms with Crippen LogP contribution >= 0.6 is 0 Å². The Morgan fingerprint density at radius 1 is 1.33 bits per heavy atom. The zero-order chi connectivity index (χ0) is 8.55. The first-order valence-corrected chi connectivity index (χ1v) is 3.90. The Morgan fingerprint density at radius 3 is 2.83 bits per heavy atom. The van der Waals surface area contributed by atoms with Gasteiger partial charge >= 0.3 is 0 Å². The number of hydrogen-bond donors (Lipinski definition) is 2. The second-order valence-electron chi connectivity index (χ2n) is 2.92. The number of nitrogens with two attached hydrogens (primary N) is 1. The van der Waals surface area contributed by atoms with Crippen LogP contribution in [-0.2, 0) is 0 Å². The molecular formula is C10H10N2. The Bertz CT molecular complexity index is 353. The Kier molecular flexibility index (Phi) is 1.47. The van der Waals surface area contributed by atoms with Gasteiger partial charge in [0.05, 0.1) is 5.92 Å². The lowest BCUT2D eigenvalue weighted by Gasteiger charge is -2.07. The molecule has 12 heavy (non-hydrogen) atoms. The summed E-state index contributed by atoms with van der Waals surface area (Å²) in [6, 6.07) is 8.02. The lowest BCUT2D eigenvalue weighted by Crippen LogP contribution is -2.17. The van der Waals surface area contributed by atoms with E-state index in [4.69, 9.17) is 11.1 Å². The normalized spacial score (nSPS) is 19.2. The van der Waals surface area contributed by atoms with Crippen LogP contribution in [0.2, 0.25) is 0 Å². The third-order valence-electron chi connectivity index (χ3n) is 2.13. The number of fused-ring (bicyclic) bond motifs is 1. The summed E-state index contributed by atoms with van der Waals surface area (Å²) >= 11 is 0. The minimum absolute atomic E-state index is 0.00111. The third-order valence-corrected chi connectivity index (χ3v) is 2.13. The molecule has 60 valence electrons. The molecule has 1 aliphatic carbocycles. The fraction of sp³-hybridized carbons (Fsp3) is 0.100. The van der Waals surface area contributed by atoms with E-state index in [1.165, 1.54) is 5.56 Å². The molecule has 0 saturated carbocycles. The van der Waals surface area contributed by atoms with Gasteiger partial charge < -0.3 is 5.73 Å². The topological polar surface area (TPSA) is 49.9 Å². The fourth-order valence-electron chi connectivity index (χ4n) is 1.52. The Balaban J connectivity index is 2.49. The maximum atomic E-state index is 7.35. The van der Waals surface area contributed by atoms with E-state index in [9.17, 15) is 0 Å². The van der Waals surface area contributed by atoms with Crippen molar-refractivity contribution in [2.24, 2.45) is 5.73 Å². The van der Waals surface area contributed by atoms with Gasteiger partial charge in [0.15, 0.2) is 0 Å². The van der Waals surface area contributed by atoms with Crippen LogP contribution in [0.3, 0.4) is 0 Å². The van der Waals surface area contributed by atoms with E-state index in [0.29, 0.717) is 0 Å². The maximum absolute atomic E-state index is 7.35. The van der Waals surface area contributed by atoms with E-state index < -0.39 is 0 Å². The summed E-state index contributed by atoms with van der Waals surface area (Å²) in [6.45, 7) is 0. The van der Waals surface area contributed by atoms with Crippen LogP contribution in [-0.4, -0.2) is 5.84 Å². The summed E-state index contributed by atoms with van der Waals surface area (Å²) in [5, 5.41) is 7.35. The maximum Gasteiger partial charge on any atom is 0.102 e. The van der Waals surface area contributed by atoms with E-state index in [1.54, 1.807) is 0 Å². The second-order valence-corrected chi connectivity index (χ2v) is 2.92. The molecule has 0 aliphatic heterocycles. The van der Waals surface area contributed by atoms with Crippen LogP contribution in [0.5, 0.6) is 0 Å². The Morgan fingerprint density at radius 2 is 2.08 bits per heavy atom. The summed E-state index contributed by atoms with van der Waals surface area (Å²) < 4.78 is 0. The van der Waals surface area contributed by atoms with Crippen LogP contribution in [0.15, 0.2) is 30.3 Å². The van der Waals surface area contributed by atoms with Gasteiger partial charge in [-0.2, -0.15) is 0 Å². The molecule has 2 heteroatoms. The molecule has 0 aromatic heterocycles. The van der Waals surface area contributed by atoms with E-state index in [-0.39, 0.29) is 11.8 Å². The molecule has 0 bridgehead atoms. The van der Waals surface area contributed by atoms with Crippen molar-refractivity contribution < 1.29 is 0 Å². The highest BCUT2D eigenvalue weighted by atomic mass is 14.7. The van der Waals surface area contributed by atoms with Gasteiger partial charge in [-0.1, -0.05) is 36.4 Å². The highest BCUT2D eigenvalue weighted by Crippen LogP contribution is 2.29. The Hall–Kier alpha value is -1.57. The van der Waals surface area contributed by atoms with Gasteiger partial charge in [0.25, 0.3) is 0 Å². The lowest BCUT2D eigenvalue weighted by atomic mass is 10.0. The zero-order valence-corrected chi connectivity index (χ0v) is 6.62. The summed E-state index contributed by atoms with van der Waals surface area (Å²) in [5.74, 6) is 0.220. The summed E-state index contributed by atoms with van der Waals surface area (Å²) in [6.07, 6.45) is 3.98. The molecule has 2 nitrogen and oxygen atoms in total. The number of amidine groups is 1. The molecule has 0 spiro atoms. The first-order valence-electron chi connectivity index (χ1n) is 3.90. The number of hydrogen-bond acceptors (Lipinski definition) is 1. The summed E-state index contributed by atoms with van der Waals surface area (Å²) in [5.41, 5.74) is 7.77. The summed E-state index contributed by atoms with van der Waals surface area (Å²) in [7, 11) is 0. The molecule has 2 rings (SSSR count). The minimum Gasteiger partial charge on any atom is -0.387 e. The molecule has 0 radical (unpaired) electrons. The van der Waals surface area contributed by atoms with Gasteiger partial charge in [-0.3, -0.25) is 5.41 Å². The molecule has 1 aliphatic rings. The van der Waals surface area contributed by atoms with Crippen molar-refractivity contribution >= 4 is 11.9 Å². The molecule has 1 aromatic carbocycles. The van der Waals surface area contributed by atoms with Crippen LogP contribution in [0.1, 0.15) is 17.0 Å². The van der Waals surface area contributed by atoms with Crippen LogP contribution in [0, 0.1) is 5.41 Å². The average Bonchev–Trinajstić information content (AvgIpc) is 2.47. The molecule has 0 amide bonds. The van der Waals surface area contributed by atoms with E-state index in [2.05, 4.69) is 0 Å². The van der Waals surface area contributed by atoms with E-state index >= 15 is 0 Å². The molecule has 0 saturated heterocycles. The summed E-state index contributed by atoms with van der Waals surface area (Å²) in [4.78, 5) is 0. The fourth-order valence-corrected chi connectivity index (χ4v) is 1.52. The number of benzene rings is 1. The third kappa shape index (κ3) is 0.925. The van der Waals surface area contributed by atoms with Crippen LogP contribution in [0.4, 0.5) is 0 Å². The monoisotopic (exact) mass is 158 g/mol. The Labute approximate surface area is 71.2 Å². The smallest absolute Gasteiger partial charge is 0.102 e. The molecule has 1 aromatic rings. The zero-order valence-electron chi connectivity index (χ0n) is 6.62. The van der Waals surface area contributed by atoms with Crippen LogP contribution < -0.4 is 5.73 Å². The van der Waals surface area contributed by atoms with Crippen molar-refractivity contribution in [1.82, 2.24) is 0 Å². The van der Waals surface area contributed by atoms with Gasteiger partial charge in [-0.25, -0.2) is 0 Å². The average molecular weight is 158 g/mol. The van der Waals surface area contributed by atoms with Crippen LogP contribution in [0.25, 0.3) is 6.08 Å². The largest absolute Gasteiger partial charge is 0.387 e. The van der Waals surface area contributed by atoms with Crippen molar-refractivity contribution in [1.29, 1.82) is 5.41 Å². The first kappa shape index (κ1) is 7.10. The number of nitrogens with one attached hydrogen (secondary N) is 1. The molecule has 1 atom stereocenters. The van der Waals surface area contributed by atoms with Crippen molar-refractivity contribution in [3.05, 3.63) is 41.5 Å². The molecular weight excluding hydrogens is 148 g/mol. The van der Waals surface area contributed by atoms with Gasteiger partial charge in [-0.15, -0.1) is 0 Å². The SMILES string of the molecule is N=C(N)C1C=Cc2ccccc21. The standard InChI is InChI=1S/C10H10N2/c11-10(12)9-6-5-7-3-1-2-4-8(7)9/h1-6,9H,(H3,11,12). The minimum atomic E-state index is 0.00111. The number of rotatable bonds is 1. The van der Waals surface area contributed by atoms with E-state index in [0.717, 1.165) is 5.56 Å². The molecule has 0 heterocycles. The van der Waals surface area contributed by atoms with Gasteiger partial charge in [0, 0.05) is 0 Å². The lowest BCUT2D eigenvalue weighted by molar-refractivity contribution is 1.12. The van der Waals surface area contributed by atoms with E-state index in [1.807, 2.05) is 36.4 Å². The second kappa shape index (κ2) is 2.48. The first-order chi connectivity index (χ1) is 5.79. The predicted octanol–water partition coefficient (Wildman–Crippen LogP) is 1.73. The highest BCUT2D eigenvalue weighted by molar-refractivity contribution is 5.91. The van der Waals surface area contributed by atoms with Crippen molar-refractivity contribution in [3.63, 3.8) is 0 Å². The molecule has 0 fully saturated rings. The quantitative estimate of drug-likeness (QED) is 0.474. The van der Waals surface area contributed by atoms with Gasteiger partial charge in [0.2, 0.25) is 0 Å². The van der Waals surface area contributed by atoms with Gasteiger partial charge in [-0.05, 0) is 11.1 Å². The van der Waals surface area contributed by atoms with Crippen molar-refractivity contribution in [2.75, 3.05) is 0 Å². The van der Waals surface area contributed by atoms with Gasteiger partial charge in [0.1, 0.15) is 5.84 Å². The molecule has 3 N–H and O–H groups in total. The predicted molar refractivity (Wildman–Crippen MR) is 50.1 cm³/mol.